The van der Waals surface area contributed by atoms with Crippen LogP contribution in [-0.4, -0.2) is 41.8 Å². The van der Waals surface area contributed by atoms with Crippen molar-refractivity contribution in [2.75, 3.05) is 36.3 Å². The van der Waals surface area contributed by atoms with Gasteiger partial charge in [-0.2, -0.15) is 0 Å². The highest BCUT2D eigenvalue weighted by atomic mass is 32.1. The van der Waals surface area contributed by atoms with E-state index in [1.807, 2.05) is 56.6 Å². The number of benzene rings is 2. The standard InChI is InChI=1S/C29H30N6O2S/c1-19(36)31-24-18-22(14-15-26(24)37-4)35-28(27(32-29(35)38)23-8-5-6-16-30-23)25-9-7-17-34(25)21-12-10-20(11-13-21)33(2)3/h5-18,27-28H,1-4H3,(H,31,36)(H,32,38)/t27-,28+/m0/s1. The molecule has 9 heteroatoms. The molecular weight excluding hydrogens is 496 g/mol. The number of ether oxygens (including phenoxy) is 1. The lowest BCUT2D eigenvalue weighted by atomic mass is 10.0. The van der Waals surface area contributed by atoms with E-state index >= 15 is 0 Å². The molecule has 8 nitrogen and oxygen atoms in total. The number of nitrogens with one attached hydrogen (secondary N) is 2. The Hall–Kier alpha value is -4.37. The lowest BCUT2D eigenvalue weighted by molar-refractivity contribution is -0.114. The van der Waals surface area contributed by atoms with E-state index in [4.69, 9.17) is 17.0 Å². The van der Waals surface area contributed by atoms with Crippen LogP contribution in [0.25, 0.3) is 5.69 Å². The summed E-state index contributed by atoms with van der Waals surface area (Å²) in [7, 11) is 5.64. The van der Waals surface area contributed by atoms with Gasteiger partial charge in [0.2, 0.25) is 5.91 Å². The minimum absolute atomic E-state index is 0.180. The number of amides is 1. The number of hydrogen-bond acceptors (Lipinski definition) is 5. The van der Waals surface area contributed by atoms with Gasteiger partial charge in [0.1, 0.15) is 11.8 Å². The van der Waals surface area contributed by atoms with E-state index in [1.54, 1.807) is 13.3 Å². The summed E-state index contributed by atoms with van der Waals surface area (Å²) in [6.07, 6.45) is 3.85. The first-order valence-electron chi connectivity index (χ1n) is 12.3. The Morgan fingerprint density at radius 2 is 1.82 bits per heavy atom. The molecule has 0 unspecified atom stereocenters. The Bertz CT molecular complexity index is 1450. The van der Waals surface area contributed by atoms with Crippen molar-refractivity contribution in [3.8, 4) is 11.4 Å². The van der Waals surface area contributed by atoms with Gasteiger partial charge in [0.05, 0.1) is 24.5 Å². The monoisotopic (exact) mass is 526 g/mol. The summed E-state index contributed by atoms with van der Waals surface area (Å²) in [4.78, 5) is 20.7. The summed E-state index contributed by atoms with van der Waals surface area (Å²) in [5.41, 5.74) is 5.50. The molecule has 194 valence electrons. The molecule has 3 heterocycles. The number of aromatic nitrogens is 2. The van der Waals surface area contributed by atoms with Gasteiger partial charge in [0, 0.05) is 56.2 Å². The van der Waals surface area contributed by atoms with Crippen molar-refractivity contribution in [1.82, 2.24) is 14.9 Å². The Morgan fingerprint density at radius 1 is 1.05 bits per heavy atom. The zero-order valence-corrected chi connectivity index (χ0v) is 22.6. The molecule has 0 spiro atoms. The maximum Gasteiger partial charge on any atom is 0.221 e. The van der Waals surface area contributed by atoms with Gasteiger partial charge in [-0.15, -0.1) is 0 Å². The maximum atomic E-state index is 11.9. The van der Waals surface area contributed by atoms with Gasteiger partial charge < -0.3 is 29.7 Å². The average molecular weight is 527 g/mol. The molecule has 0 saturated carbocycles. The Balaban J connectivity index is 1.64. The van der Waals surface area contributed by atoms with Crippen molar-refractivity contribution < 1.29 is 9.53 Å². The summed E-state index contributed by atoms with van der Waals surface area (Å²) >= 11 is 5.90. The number of hydrogen-bond donors (Lipinski definition) is 2. The van der Waals surface area contributed by atoms with Gasteiger partial charge in [-0.25, -0.2) is 0 Å². The molecule has 1 fully saturated rings. The van der Waals surface area contributed by atoms with Crippen molar-refractivity contribution in [1.29, 1.82) is 0 Å². The van der Waals surface area contributed by atoms with Crippen molar-refractivity contribution >= 4 is 40.3 Å². The molecular formula is C29H30N6O2S. The number of carbonyl (C=O) groups excluding carboxylic acids is 1. The van der Waals surface area contributed by atoms with Crippen LogP contribution in [0.2, 0.25) is 0 Å². The van der Waals surface area contributed by atoms with Crippen LogP contribution in [0.1, 0.15) is 30.4 Å². The van der Waals surface area contributed by atoms with Crippen LogP contribution < -0.4 is 25.2 Å². The van der Waals surface area contributed by atoms with Crippen molar-refractivity contribution in [3.05, 3.63) is 96.6 Å². The minimum atomic E-state index is -0.223. The summed E-state index contributed by atoms with van der Waals surface area (Å²) in [6.45, 7) is 1.47. The maximum absolute atomic E-state index is 11.9. The molecule has 2 N–H and O–H groups in total. The predicted molar refractivity (Wildman–Crippen MR) is 155 cm³/mol. The van der Waals surface area contributed by atoms with Gasteiger partial charge in [0.25, 0.3) is 0 Å². The van der Waals surface area contributed by atoms with Crippen LogP contribution in [0.15, 0.2) is 85.2 Å². The fraction of sp³-hybridized carbons (Fsp3) is 0.207. The van der Waals surface area contributed by atoms with E-state index in [9.17, 15) is 4.79 Å². The number of pyridine rings is 1. The molecule has 0 radical (unpaired) electrons. The topological polar surface area (TPSA) is 74.7 Å². The number of methoxy groups -OCH3 is 1. The van der Waals surface area contributed by atoms with Gasteiger partial charge in [0.15, 0.2) is 5.11 Å². The van der Waals surface area contributed by atoms with Crippen LogP contribution in [0, 0.1) is 0 Å². The molecule has 2 aromatic carbocycles. The molecule has 5 rings (SSSR count). The van der Waals surface area contributed by atoms with E-state index < -0.39 is 0 Å². The summed E-state index contributed by atoms with van der Waals surface area (Å²) in [6, 6.07) is 23.7. The second-order valence-corrected chi connectivity index (χ2v) is 9.66. The minimum Gasteiger partial charge on any atom is -0.495 e. The fourth-order valence-electron chi connectivity index (χ4n) is 4.85. The fourth-order valence-corrected chi connectivity index (χ4v) is 5.19. The van der Waals surface area contributed by atoms with Crippen LogP contribution in [0.4, 0.5) is 17.1 Å². The molecule has 1 aliphatic rings. The lowest BCUT2D eigenvalue weighted by Gasteiger charge is -2.29. The molecule has 0 aliphatic carbocycles. The van der Waals surface area contributed by atoms with E-state index in [2.05, 4.69) is 66.5 Å². The summed E-state index contributed by atoms with van der Waals surface area (Å²) in [5.74, 6) is 0.393. The van der Waals surface area contributed by atoms with Gasteiger partial charge >= 0.3 is 0 Å². The van der Waals surface area contributed by atoms with Gasteiger partial charge in [-0.1, -0.05) is 6.07 Å². The molecule has 0 bridgehead atoms. The third-order valence-corrected chi connectivity index (χ3v) is 6.91. The first-order chi connectivity index (χ1) is 18.4. The highest BCUT2D eigenvalue weighted by Gasteiger charge is 2.42. The van der Waals surface area contributed by atoms with Crippen LogP contribution in [0.5, 0.6) is 5.75 Å². The zero-order chi connectivity index (χ0) is 26.8. The molecule has 38 heavy (non-hydrogen) atoms. The Labute approximate surface area is 227 Å². The van der Waals surface area contributed by atoms with E-state index in [-0.39, 0.29) is 18.0 Å². The number of thiocarbonyl (C=S) groups is 1. The van der Waals surface area contributed by atoms with Crippen molar-refractivity contribution in [2.45, 2.75) is 19.0 Å². The molecule has 1 aliphatic heterocycles. The van der Waals surface area contributed by atoms with Crippen LogP contribution in [0.3, 0.4) is 0 Å². The predicted octanol–water partition coefficient (Wildman–Crippen LogP) is 5.08. The number of rotatable bonds is 7. The lowest BCUT2D eigenvalue weighted by Crippen LogP contribution is -2.30. The summed E-state index contributed by atoms with van der Waals surface area (Å²) in [5, 5.41) is 6.95. The second kappa shape index (κ2) is 10.5. The highest BCUT2D eigenvalue weighted by Crippen LogP contribution is 2.43. The van der Waals surface area contributed by atoms with Crippen molar-refractivity contribution in [2.24, 2.45) is 0 Å². The van der Waals surface area contributed by atoms with E-state index in [0.29, 0.717) is 16.5 Å². The summed E-state index contributed by atoms with van der Waals surface area (Å²) < 4.78 is 7.67. The van der Waals surface area contributed by atoms with Gasteiger partial charge in [-0.3, -0.25) is 9.78 Å². The molecule has 2 aromatic heterocycles. The third-order valence-electron chi connectivity index (χ3n) is 6.60. The molecule has 1 saturated heterocycles. The average Bonchev–Trinajstić information content (AvgIpc) is 3.53. The first-order valence-corrected chi connectivity index (χ1v) is 12.7. The first kappa shape index (κ1) is 25.3. The quantitative estimate of drug-likeness (QED) is 0.325. The third kappa shape index (κ3) is 4.80. The zero-order valence-electron chi connectivity index (χ0n) is 21.8. The number of anilines is 3. The Kier molecular flexibility index (Phi) is 7.02. The highest BCUT2D eigenvalue weighted by molar-refractivity contribution is 7.80. The van der Waals surface area contributed by atoms with Crippen LogP contribution >= 0.6 is 12.2 Å². The molecule has 1 amide bonds. The second-order valence-electron chi connectivity index (χ2n) is 9.28. The van der Waals surface area contributed by atoms with Crippen LogP contribution in [-0.2, 0) is 4.79 Å². The van der Waals surface area contributed by atoms with E-state index in [0.717, 1.165) is 28.5 Å². The number of nitrogens with zero attached hydrogens (tertiary/aromatic N) is 4. The normalized spacial score (nSPS) is 16.7. The SMILES string of the molecule is COc1ccc(N2C(=S)N[C@@H](c3ccccn3)[C@H]2c2cccn2-c2ccc(N(C)C)cc2)cc1NC(C)=O. The van der Waals surface area contributed by atoms with Crippen molar-refractivity contribution in [3.63, 3.8) is 0 Å². The van der Waals surface area contributed by atoms with Gasteiger partial charge in [-0.05, 0) is 78.9 Å². The van der Waals surface area contributed by atoms with E-state index in [1.165, 1.54) is 6.92 Å². The largest absolute Gasteiger partial charge is 0.495 e. The number of carbonyl (C=O) groups is 1. The molecule has 2 atom stereocenters. The molecule has 4 aromatic rings. The Morgan fingerprint density at radius 3 is 2.47 bits per heavy atom. The smallest absolute Gasteiger partial charge is 0.221 e.